The number of carbonyl (C=O) groups excluding carboxylic acids is 2. The highest BCUT2D eigenvalue weighted by Crippen LogP contribution is 2.19. The second-order valence-corrected chi connectivity index (χ2v) is 6.83. The summed E-state index contributed by atoms with van der Waals surface area (Å²) in [5, 5.41) is 12.7. The molecule has 29 heavy (non-hydrogen) atoms. The van der Waals surface area contributed by atoms with Crippen molar-refractivity contribution < 1.29 is 9.59 Å². The first-order valence-corrected chi connectivity index (χ1v) is 9.42. The predicted molar refractivity (Wildman–Crippen MR) is 113 cm³/mol. The first kappa shape index (κ1) is 18.5. The minimum absolute atomic E-state index is 0.205. The molecule has 3 N–H and O–H groups in total. The van der Waals surface area contributed by atoms with Crippen molar-refractivity contribution in [3.63, 3.8) is 0 Å². The average molecular weight is 387 g/mol. The van der Waals surface area contributed by atoms with Gasteiger partial charge in [-0.3, -0.25) is 4.79 Å². The molecule has 1 heterocycles. The van der Waals surface area contributed by atoms with Crippen molar-refractivity contribution in [2.24, 2.45) is 0 Å². The van der Waals surface area contributed by atoms with Gasteiger partial charge in [0.05, 0.1) is 11.9 Å². The predicted octanol–water partition coefficient (Wildman–Crippen LogP) is 3.81. The van der Waals surface area contributed by atoms with E-state index in [1.807, 2.05) is 36.5 Å². The topological polar surface area (TPSA) is 88.1 Å². The summed E-state index contributed by atoms with van der Waals surface area (Å²) in [6.07, 6.45) is 8.80. The van der Waals surface area contributed by atoms with Crippen molar-refractivity contribution in [2.75, 3.05) is 10.6 Å². The molecule has 4 rings (SSSR count). The number of anilines is 2. The number of aromatic nitrogens is 2. The molecular weight excluding hydrogens is 366 g/mol. The van der Waals surface area contributed by atoms with Crippen LogP contribution in [0.5, 0.6) is 0 Å². The summed E-state index contributed by atoms with van der Waals surface area (Å²) in [6, 6.07) is 16.8. The van der Waals surface area contributed by atoms with Crippen LogP contribution in [0, 0.1) is 0 Å². The van der Waals surface area contributed by atoms with Gasteiger partial charge in [-0.2, -0.15) is 5.10 Å². The normalized spacial score (nSPS) is 13.2. The summed E-state index contributed by atoms with van der Waals surface area (Å²) in [5.41, 5.74) is 3.10. The Kier molecular flexibility index (Phi) is 5.38. The van der Waals surface area contributed by atoms with Gasteiger partial charge in [0.15, 0.2) is 0 Å². The number of nitrogens with one attached hydrogen (secondary N) is 3. The number of para-hydroxylation sites is 1. The van der Waals surface area contributed by atoms with Crippen LogP contribution >= 0.6 is 0 Å². The summed E-state index contributed by atoms with van der Waals surface area (Å²) in [6.45, 7) is 0. The lowest BCUT2D eigenvalue weighted by Gasteiger charge is -2.07. The summed E-state index contributed by atoms with van der Waals surface area (Å²) in [5.74, 6) is -0.246. The largest absolute Gasteiger partial charge is 0.335 e. The van der Waals surface area contributed by atoms with E-state index in [2.05, 4.69) is 21.0 Å². The van der Waals surface area contributed by atoms with Crippen LogP contribution in [0.3, 0.4) is 0 Å². The molecule has 0 spiro atoms. The van der Waals surface area contributed by atoms with E-state index in [9.17, 15) is 9.59 Å². The van der Waals surface area contributed by atoms with Crippen molar-refractivity contribution in [2.45, 2.75) is 18.9 Å². The SMILES string of the molecule is O=C(/C=C/c1cnn(-c2ccccc2)c1)Nc1ccc(NC(=O)NC2CC2)cc1. The van der Waals surface area contributed by atoms with Crippen LogP contribution in [0.1, 0.15) is 18.4 Å². The van der Waals surface area contributed by atoms with Crippen molar-refractivity contribution in [1.29, 1.82) is 0 Å². The van der Waals surface area contributed by atoms with Gasteiger partial charge in [0, 0.05) is 35.3 Å². The number of carbonyl (C=O) groups is 2. The first-order valence-electron chi connectivity index (χ1n) is 9.42. The molecule has 1 aliphatic carbocycles. The Labute approximate surface area is 168 Å². The number of rotatable bonds is 6. The van der Waals surface area contributed by atoms with Crippen LogP contribution in [-0.2, 0) is 4.79 Å². The van der Waals surface area contributed by atoms with Crippen molar-refractivity contribution >= 4 is 29.4 Å². The lowest BCUT2D eigenvalue weighted by Crippen LogP contribution is -2.30. The summed E-state index contributed by atoms with van der Waals surface area (Å²) >= 11 is 0. The quantitative estimate of drug-likeness (QED) is 0.562. The van der Waals surface area contributed by atoms with Gasteiger partial charge in [0.1, 0.15) is 0 Å². The van der Waals surface area contributed by atoms with Crippen LogP contribution in [0.25, 0.3) is 11.8 Å². The Balaban J connectivity index is 1.30. The summed E-state index contributed by atoms with van der Waals surface area (Å²) < 4.78 is 1.75. The maximum atomic E-state index is 12.1. The number of hydrogen-bond acceptors (Lipinski definition) is 3. The van der Waals surface area contributed by atoms with Gasteiger partial charge in [-0.1, -0.05) is 18.2 Å². The van der Waals surface area contributed by atoms with E-state index in [4.69, 9.17) is 0 Å². The zero-order valence-electron chi connectivity index (χ0n) is 15.7. The van der Waals surface area contributed by atoms with Gasteiger partial charge in [-0.05, 0) is 55.3 Å². The molecule has 146 valence electrons. The van der Waals surface area contributed by atoms with Crippen molar-refractivity contribution in [3.8, 4) is 5.69 Å². The van der Waals surface area contributed by atoms with Gasteiger partial charge in [-0.25, -0.2) is 9.48 Å². The number of benzene rings is 2. The van der Waals surface area contributed by atoms with Crippen LogP contribution in [-0.4, -0.2) is 27.8 Å². The van der Waals surface area contributed by atoms with Gasteiger partial charge in [0.2, 0.25) is 5.91 Å². The number of urea groups is 1. The van der Waals surface area contributed by atoms with E-state index in [1.165, 1.54) is 6.08 Å². The Hall–Kier alpha value is -3.87. The number of nitrogens with zero attached hydrogens (tertiary/aromatic N) is 2. The molecule has 0 unspecified atom stereocenters. The highest BCUT2D eigenvalue weighted by atomic mass is 16.2. The zero-order valence-corrected chi connectivity index (χ0v) is 15.7. The maximum absolute atomic E-state index is 12.1. The molecule has 3 aromatic rings. The van der Waals surface area contributed by atoms with E-state index < -0.39 is 0 Å². The van der Waals surface area contributed by atoms with Gasteiger partial charge < -0.3 is 16.0 Å². The van der Waals surface area contributed by atoms with Gasteiger partial charge in [-0.15, -0.1) is 0 Å². The smallest absolute Gasteiger partial charge is 0.319 e. The molecule has 2 aromatic carbocycles. The molecule has 0 saturated heterocycles. The summed E-state index contributed by atoms with van der Waals surface area (Å²) in [4.78, 5) is 23.9. The molecule has 1 aromatic heterocycles. The van der Waals surface area contributed by atoms with E-state index in [-0.39, 0.29) is 11.9 Å². The molecule has 0 radical (unpaired) electrons. The standard InChI is InChI=1S/C22H21N5O2/c28-21(13-6-16-14-23-27(15-16)20-4-2-1-3-5-20)24-17-7-9-18(10-8-17)25-22(29)26-19-11-12-19/h1-10,13-15,19H,11-12H2,(H,24,28)(H2,25,26,29)/b13-6+. The van der Waals surface area contributed by atoms with E-state index in [1.54, 1.807) is 41.2 Å². The molecule has 7 heteroatoms. The molecule has 1 saturated carbocycles. The molecular formula is C22H21N5O2. The lowest BCUT2D eigenvalue weighted by atomic mass is 10.2. The highest BCUT2D eigenvalue weighted by molar-refractivity contribution is 6.02. The second-order valence-electron chi connectivity index (χ2n) is 6.83. The minimum atomic E-state index is -0.246. The zero-order chi connectivity index (χ0) is 20.1. The fourth-order valence-electron chi connectivity index (χ4n) is 2.72. The fraction of sp³-hybridized carbons (Fsp3) is 0.136. The van der Waals surface area contributed by atoms with E-state index >= 15 is 0 Å². The monoisotopic (exact) mass is 387 g/mol. The third kappa shape index (κ3) is 5.32. The highest BCUT2D eigenvalue weighted by Gasteiger charge is 2.23. The van der Waals surface area contributed by atoms with Crippen molar-refractivity contribution in [3.05, 3.63) is 78.6 Å². The minimum Gasteiger partial charge on any atom is -0.335 e. The Morgan fingerprint density at radius 1 is 0.966 bits per heavy atom. The molecule has 3 amide bonds. The van der Waals surface area contributed by atoms with Crippen LogP contribution in [0.15, 0.2) is 73.1 Å². The third-order valence-corrected chi connectivity index (χ3v) is 4.37. The molecule has 7 nitrogen and oxygen atoms in total. The van der Waals surface area contributed by atoms with Crippen LogP contribution in [0.2, 0.25) is 0 Å². The maximum Gasteiger partial charge on any atom is 0.319 e. The van der Waals surface area contributed by atoms with E-state index in [0.29, 0.717) is 17.4 Å². The Bertz CT molecular complexity index is 1020. The molecule has 0 aliphatic heterocycles. The van der Waals surface area contributed by atoms with Crippen LogP contribution in [0.4, 0.5) is 16.2 Å². The Morgan fingerprint density at radius 3 is 2.34 bits per heavy atom. The molecule has 0 atom stereocenters. The average Bonchev–Trinajstić information content (AvgIpc) is 3.41. The van der Waals surface area contributed by atoms with Gasteiger partial charge >= 0.3 is 6.03 Å². The van der Waals surface area contributed by atoms with Crippen LogP contribution < -0.4 is 16.0 Å². The molecule has 1 fully saturated rings. The van der Waals surface area contributed by atoms with Gasteiger partial charge in [0.25, 0.3) is 0 Å². The number of amides is 3. The molecule has 1 aliphatic rings. The number of hydrogen-bond donors (Lipinski definition) is 3. The Morgan fingerprint density at radius 2 is 1.66 bits per heavy atom. The van der Waals surface area contributed by atoms with Crippen molar-refractivity contribution in [1.82, 2.24) is 15.1 Å². The second kappa shape index (κ2) is 8.43. The first-order chi connectivity index (χ1) is 14.2. The fourth-order valence-corrected chi connectivity index (χ4v) is 2.72. The summed E-state index contributed by atoms with van der Waals surface area (Å²) in [7, 11) is 0. The molecule has 0 bridgehead atoms. The lowest BCUT2D eigenvalue weighted by molar-refractivity contribution is -0.111. The third-order valence-electron chi connectivity index (χ3n) is 4.37. The van der Waals surface area contributed by atoms with E-state index in [0.717, 1.165) is 24.1 Å².